The monoisotopic (exact) mass is 361 g/mol. The van der Waals surface area contributed by atoms with Gasteiger partial charge in [0.1, 0.15) is 12.4 Å². The maximum absolute atomic E-state index is 12.2. The lowest BCUT2D eigenvalue weighted by molar-refractivity contribution is -0.171. The number of oxazole rings is 1. The molecule has 1 aromatic carbocycles. The molecule has 2 aromatic rings. The Hall–Kier alpha value is -2.38. The Balaban J connectivity index is 1.80. The summed E-state index contributed by atoms with van der Waals surface area (Å²) >= 11 is 0. The summed E-state index contributed by atoms with van der Waals surface area (Å²) in [7, 11) is 1.60. The molecule has 7 nitrogen and oxygen atoms in total. The zero-order valence-corrected chi connectivity index (χ0v) is 15.0. The molecule has 2 heterocycles. The zero-order valence-electron chi connectivity index (χ0n) is 15.0. The van der Waals surface area contributed by atoms with E-state index >= 15 is 0 Å². The first-order valence-electron chi connectivity index (χ1n) is 8.75. The molecule has 1 atom stereocenters. The molecule has 0 radical (unpaired) electrons. The molecule has 0 saturated carbocycles. The molecule has 0 aliphatic carbocycles. The summed E-state index contributed by atoms with van der Waals surface area (Å²) < 4.78 is 27.3. The second-order valence-corrected chi connectivity index (χ2v) is 5.85. The van der Waals surface area contributed by atoms with E-state index in [0.29, 0.717) is 18.3 Å². The van der Waals surface area contributed by atoms with Crippen LogP contribution in [0.4, 0.5) is 0 Å². The van der Waals surface area contributed by atoms with E-state index in [1.54, 1.807) is 26.2 Å². The Morgan fingerprint density at radius 3 is 2.73 bits per heavy atom. The van der Waals surface area contributed by atoms with E-state index < -0.39 is 5.97 Å². The standard InChI is InChI=1S/C19H23NO6/c1-3-23-19(21)17-15(12-25-16-6-4-5-11-24-16)26-18(20-17)13-7-9-14(22-2)10-8-13/h7-10,16H,3-6,11-12H2,1-2H3. The number of ether oxygens (including phenoxy) is 4. The zero-order chi connectivity index (χ0) is 18.4. The van der Waals surface area contributed by atoms with Gasteiger partial charge >= 0.3 is 5.97 Å². The van der Waals surface area contributed by atoms with Gasteiger partial charge in [-0.05, 0) is 50.5 Å². The Morgan fingerprint density at radius 2 is 2.08 bits per heavy atom. The van der Waals surface area contributed by atoms with Gasteiger partial charge in [0, 0.05) is 12.2 Å². The Bertz CT molecular complexity index is 718. The first-order valence-corrected chi connectivity index (χ1v) is 8.75. The van der Waals surface area contributed by atoms with Crippen molar-refractivity contribution in [2.45, 2.75) is 39.1 Å². The number of carbonyl (C=O) groups excluding carboxylic acids is 1. The van der Waals surface area contributed by atoms with Crippen molar-refractivity contribution in [3.63, 3.8) is 0 Å². The second-order valence-electron chi connectivity index (χ2n) is 5.85. The Labute approximate surface area is 152 Å². The molecule has 0 N–H and O–H groups in total. The Morgan fingerprint density at radius 1 is 1.27 bits per heavy atom. The van der Waals surface area contributed by atoms with E-state index in [-0.39, 0.29) is 25.2 Å². The molecule has 1 aromatic heterocycles. The van der Waals surface area contributed by atoms with Gasteiger partial charge in [0.15, 0.2) is 17.7 Å². The summed E-state index contributed by atoms with van der Waals surface area (Å²) in [6.07, 6.45) is 2.64. The fourth-order valence-electron chi connectivity index (χ4n) is 2.68. The first kappa shape index (κ1) is 18.4. The number of hydrogen-bond acceptors (Lipinski definition) is 7. The highest BCUT2D eigenvalue weighted by Crippen LogP contribution is 2.26. The van der Waals surface area contributed by atoms with Crippen molar-refractivity contribution in [3.8, 4) is 17.2 Å². The highest BCUT2D eigenvalue weighted by atomic mass is 16.7. The summed E-state index contributed by atoms with van der Waals surface area (Å²) in [6, 6.07) is 7.23. The van der Waals surface area contributed by atoms with Crippen LogP contribution < -0.4 is 4.74 Å². The lowest BCUT2D eigenvalue weighted by Crippen LogP contribution is -2.22. The maximum atomic E-state index is 12.2. The van der Waals surface area contributed by atoms with Crippen LogP contribution in [0.1, 0.15) is 42.4 Å². The summed E-state index contributed by atoms with van der Waals surface area (Å²) in [5.41, 5.74) is 0.866. The average Bonchev–Trinajstić information content (AvgIpc) is 3.12. The van der Waals surface area contributed by atoms with Gasteiger partial charge < -0.3 is 23.4 Å². The van der Waals surface area contributed by atoms with Gasteiger partial charge in [-0.2, -0.15) is 0 Å². The molecule has 26 heavy (non-hydrogen) atoms. The lowest BCUT2D eigenvalue weighted by Gasteiger charge is -2.22. The molecule has 1 fully saturated rings. The highest BCUT2D eigenvalue weighted by Gasteiger charge is 2.24. The average molecular weight is 361 g/mol. The molecule has 140 valence electrons. The van der Waals surface area contributed by atoms with E-state index in [1.807, 2.05) is 12.1 Å². The number of benzene rings is 1. The minimum absolute atomic E-state index is 0.0992. The molecule has 0 amide bonds. The van der Waals surface area contributed by atoms with Crippen LogP contribution in [-0.2, 0) is 20.8 Å². The molecule has 1 aliphatic heterocycles. The topological polar surface area (TPSA) is 80.0 Å². The molecule has 1 saturated heterocycles. The minimum atomic E-state index is -0.529. The number of aromatic nitrogens is 1. The van der Waals surface area contributed by atoms with Crippen LogP contribution >= 0.6 is 0 Å². The summed E-state index contributed by atoms with van der Waals surface area (Å²) in [5.74, 6) is 0.866. The SMILES string of the molecule is CCOC(=O)c1nc(-c2ccc(OC)cc2)oc1COC1CCCCO1. The van der Waals surface area contributed by atoms with E-state index in [2.05, 4.69) is 4.98 Å². The van der Waals surface area contributed by atoms with Gasteiger partial charge in [0.05, 0.1) is 13.7 Å². The molecular weight excluding hydrogens is 338 g/mol. The van der Waals surface area contributed by atoms with E-state index in [1.165, 1.54) is 0 Å². The number of hydrogen-bond donors (Lipinski definition) is 0. The van der Waals surface area contributed by atoms with Gasteiger partial charge in [-0.1, -0.05) is 0 Å². The van der Waals surface area contributed by atoms with Crippen LogP contribution in [-0.4, -0.2) is 37.6 Å². The summed E-state index contributed by atoms with van der Waals surface area (Å²) in [4.78, 5) is 16.5. The van der Waals surface area contributed by atoms with Crippen LogP contribution in [0.5, 0.6) is 5.75 Å². The number of nitrogens with zero attached hydrogens (tertiary/aromatic N) is 1. The quantitative estimate of drug-likeness (QED) is 0.697. The molecule has 1 aliphatic rings. The summed E-state index contributed by atoms with van der Waals surface area (Å²) in [5, 5.41) is 0. The third-order valence-corrected chi connectivity index (χ3v) is 4.04. The number of esters is 1. The predicted octanol–water partition coefficient (Wildman–Crippen LogP) is 3.57. The highest BCUT2D eigenvalue weighted by molar-refractivity contribution is 5.89. The fraction of sp³-hybridized carbons (Fsp3) is 0.474. The molecule has 3 rings (SSSR count). The van der Waals surface area contributed by atoms with Crippen molar-refractivity contribution in [3.05, 3.63) is 35.7 Å². The van der Waals surface area contributed by atoms with Gasteiger partial charge in [-0.25, -0.2) is 9.78 Å². The number of rotatable bonds is 7. The van der Waals surface area contributed by atoms with Crippen molar-refractivity contribution >= 4 is 5.97 Å². The van der Waals surface area contributed by atoms with Crippen molar-refractivity contribution < 1.29 is 28.2 Å². The van der Waals surface area contributed by atoms with E-state index in [0.717, 1.165) is 30.6 Å². The minimum Gasteiger partial charge on any atom is -0.497 e. The van der Waals surface area contributed by atoms with Crippen LogP contribution in [0, 0.1) is 0 Å². The molecule has 0 bridgehead atoms. The fourth-order valence-corrected chi connectivity index (χ4v) is 2.68. The molecule has 7 heteroatoms. The Kier molecular flexibility index (Phi) is 6.25. The normalized spacial score (nSPS) is 17.1. The van der Waals surface area contributed by atoms with Crippen LogP contribution in [0.2, 0.25) is 0 Å². The van der Waals surface area contributed by atoms with Crippen molar-refractivity contribution in [1.82, 2.24) is 4.98 Å². The maximum Gasteiger partial charge on any atom is 0.360 e. The number of methoxy groups -OCH3 is 1. The van der Waals surface area contributed by atoms with Crippen LogP contribution in [0.3, 0.4) is 0 Å². The van der Waals surface area contributed by atoms with E-state index in [9.17, 15) is 4.79 Å². The molecule has 0 spiro atoms. The predicted molar refractivity (Wildman–Crippen MR) is 92.8 cm³/mol. The second kappa shape index (κ2) is 8.82. The van der Waals surface area contributed by atoms with Crippen LogP contribution in [0.25, 0.3) is 11.5 Å². The third-order valence-electron chi connectivity index (χ3n) is 4.04. The number of carbonyl (C=O) groups is 1. The lowest BCUT2D eigenvalue weighted by atomic mass is 10.2. The summed E-state index contributed by atoms with van der Waals surface area (Å²) in [6.45, 7) is 2.79. The van der Waals surface area contributed by atoms with E-state index in [4.69, 9.17) is 23.4 Å². The molecule has 1 unspecified atom stereocenters. The van der Waals surface area contributed by atoms with Gasteiger partial charge in [-0.3, -0.25) is 0 Å². The van der Waals surface area contributed by atoms with Gasteiger partial charge in [0.25, 0.3) is 0 Å². The van der Waals surface area contributed by atoms with Crippen molar-refractivity contribution in [1.29, 1.82) is 0 Å². The van der Waals surface area contributed by atoms with Crippen molar-refractivity contribution in [2.24, 2.45) is 0 Å². The third kappa shape index (κ3) is 4.42. The van der Waals surface area contributed by atoms with Gasteiger partial charge in [-0.15, -0.1) is 0 Å². The largest absolute Gasteiger partial charge is 0.497 e. The van der Waals surface area contributed by atoms with Gasteiger partial charge in [0.2, 0.25) is 5.89 Å². The van der Waals surface area contributed by atoms with Crippen LogP contribution in [0.15, 0.2) is 28.7 Å². The smallest absolute Gasteiger partial charge is 0.360 e. The first-order chi connectivity index (χ1) is 12.7. The molecular formula is C19H23NO6. The van der Waals surface area contributed by atoms with Crippen molar-refractivity contribution in [2.75, 3.05) is 20.3 Å².